The number of hydrazine groups is 1. The average molecular weight is 534 g/mol. The predicted octanol–water partition coefficient (Wildman–Crippen LogP) is 4.73. The highest BCUT2D eigenvalue weighted by Crippen LogP contribution is 2.36. The van der Waals surface area contributed by atoms with Crippen LogP contribution in [0.4, 0.5) is 11.4 Å². The highest BCUT2D eigenvalue weighted by atomic mass is 16.5. The summed E-state index contributed by atoms with van der Waals surface area (Å²) in [6.07, 6.45) is 3.34. The van der Waals surface area contributed by atoms with Crippen molar-refractivity contribution < 1.29 is 9.53 Å². The van der Waals surface area contributed by atoms with Crippen molar-refractivity contribution in [3.05, 3.63) is 76.2 Å². The Labute approximate surface area is 232 Å². The number of carbonyl (C=O) groups excluding carboxylic acids is 1. The lowest BCUT2D eigenvalue weighted by Gasteiger charge is -2.24. The minimum Gasteiger partial charge on any atom is -0.494 e. The molecule has 1 heterocycles. The molecule has 0 atom stereocenters. The minimum absolute atomic E-state index is 0.117. The number of hydrogen-bond acceptors (Lipinski definition) is 7. The maximum absolute atomic E-state index is 13.5. The molecule has 0 radical (unpaired) electrons. The van der Waals surface area contributed by atoms with Gasteiger partial charge in [-0.05, 0) is 48.6 Å². The number of nitrogens with two attached hydrogens (primary N) is 2. The molecule has 0 bridgehead atoms. The SMILES string of the molecule is COc1c(CNC(C)C)cc(C(C)(C)C)cc1NC(=O)c1ccc(C)c(N(N)/C=C(\N)c2cnn(C)c2C)c1. The van der Waals surface area contributed by atoms with Gasteiger partial charge in [-0.1, -0.05) is 46.8 Å². The minimum atomic E-state index is -0.267. The molecule has 0 unspecified atom stereocenters. The Balaban J connectivity index is 1.95. The zero-order chi connectivity index (χ0) is 29.1. The lowest BCUT2D eigenvalue weighted by atomic mass is 9.85. The standard InChI is InChI=1S/C30H43N7O2/c1-18(2)33-15-22-12-23(30(5,6)7)14-26(28(22)39-9)35-29(38)21-11-10-19(3)27(13-21)37(32)17-25(31)24-16-34-36(8)20(24)4/h10-14,16-18,33H,15,31-32H2,1-9H3,(H,35,38)/b25-17-. The highest BCUT2D eigenvalue weighted by molar-refractivity contribution is 6.06. The number of benzene rings is 2. The van der Waals surface area contributed by atoms with E-state index in [9.17, 15) is 4.79 Å². The van der Waals surface area contributed by atoms with Gasteiger partial charge >= 0.3 is 0 Å². The van der Waals surface area contributed by atoms with Gasteiger partial charge in [-0.2, -0.15) is 5.10 Å². The summed E-state index contributed by atoms with van der Waals surface area (Å²) in [6, 6.07) is 9.83. The molecule has 0 spiro atoms. The van der Waals surface area contributed by atoms with Crippen molar-refractivity contribution in [1.29, 1.82) is 0 Å². The van der Waals surface area contributed by atoms with E-state index in [-0.39, 0.29) is 11.3 Å². The summed E-state index contributed by atoms with van der Waals surface area (Å²) in [5.74, 6) is 6.77. The van der Waals surface area contributed by atoms with Gasteiger partial charge in [0.2, 0.25) is 0 Å². The van der Waals surface area contributed by atoms with E-state index in [4.69, 9.17) is 16.3 Å². The Morgan fingerprint density at radius 2 is 1.90 bits per heavy atom. The van der Waals surface area contributed by atoms with Gasteiger partial charge in [0.25, 0.3) is 5.91 Å². The van der Waals surface area contributed by atoms with Gasteiger partial charge in [0.15, 0.2) is 0 Å². The molecule has 9 heteroatoms. The lowest BCUT2D eigenvalue weighted by molar-refractivity contribution is 0.102. The molecule has 6 N–H and O–H groups in total. The number of anilines is 2. The number of rotatable bonds is 9. The van der Waals surface area contributed by atoms with Crippen molar-refractivity contribution in [3.8, 4) is 5.75 Å². The first-order valence-corrected chi connectivity index (χ1v) is 13.1. The molecule has 0 aliphatic carbocycles. The van der Waals surface area contributed by atoms with E-state index in [0.29, 0.717) is 41.0 Å². The molecule has 39 heavy (non-hydrogen) atoms. The molecule has 0 aliphatic heterocycles. The Morgan fingerprint density at radius 3 is 2.46 bits per heavy atom. The number of carbonyl (C=O) groups is 1. The number of nitrogens with zero attached hydrogens (tertiary/aromatic N) is 3. The first-order chi connectivity index (χ1) is 18.2. The van der Waals surface area contributed by atoms with E-state index in [0.717, 1.165) is 27.9 Å². The number of aryl methyl sites for hydroxylation is 2. The molecule has 0 aliphatic rings. The molecule has 1 aromatic heterocycles. The quantitative estimate of drug-likeness (QED) is 0.232. The molecule has 3 rings (SSSR count). The summed E-state index contributed by atoms with van der Waals surface area (Å²) in [6.45, 7) is 15.1. The van der Waals surface area contributed by atoms with Crippen LogP contribution >= 0.6 is 0 Å². The van der Waals surface area contributed by atoms with Crippen LogP contribution in [0.15, 0.2) is 42.7 Å². The van der Waals surface area contributed by atoms with Gasteiger partial charge in [0.1, 0.15) is 5.75 Å². The largest absolute Gasteiger partial charge is 0.494 e. The summed E-state index contributed by atoms with van der Waals surface area (Å²) in [4.78, 5) is 13.5. The summed E-state index contributed by atoms with van der Waals surface area (Å²) in [5, 5.41) is 12.2. The van der Waals surface area contributed by atoms with E-state index in [1.165, 1.54) is 5.01 Å². The van der Waals surface area contributed by atoms with E-state index in [1.807, 2.05) is 33.0 Å². The number of amides is 1. The van der Waals surface area contributed by atoms with Crippen LogP contribution in [0.25, 0.3) is 5.70 Å². The van der Waals surface area contributed by atoms with Crippen molar-refractivity contribution in [2.45, 2.75) is 66.5 Å². The molecule has 0 saturated heterocycles. The zero-order valence-electron chi connectivity index (χ0n) is 24.6. The van der Waals surface area contributed by atoms with E-state index >= 15 is 0 Å². The molecule has 2 aromatic carbocycles. The third-order valence-electron chi connectivity index (χ3n) is 6.76. The first kappa shape index (κ1) is 29.7. The van der Waals surface area contributed by atoms with Crippen molar-refractivity contribution in [2.24, 2.45) is 18.6 Å². The van der Waals surface area contributed by atoms with E-state index in [2.05, 4.69) is 56.4 Å². The van der Waals surface area contributed by atoms with Crippen LogP contribution in [-0.2, 0) is 19.0 Å². The molecule has 0 fully saturated rings. The molecule has 3 aromatic rings. The zero-order valence-corrected chi connectivity index (χ0v) is 24.6. The van der Waals surface area contributed by atoms with Gasteiger partial charge in [-0.15, -0.1) is 0 Å². The van der Waals surface area contributed by atoms with Crippen LogP contribution in [0.5, 0.6) is 5.75 Å². The van der Waals surface area contributed by atoms with Crippen molar-refractivity contribution in [2.75, 3.05) is 17.4 Å². The normalized spacial score (nSPS) is 12.1. The highest BCUT2D eigenvalue weighted by Gasteiger charge is 2.21. The second-order valence-corrected chi connectivity index (χ2v) is 11.2. The van der Waals surface area contributed by atoms with Crippen LogP contribution < -0.4 is 32.0 Å². The fourth-order valence-electron chi connectivity index (χ4n) is 4.20. The summed E-state index contributed by atoms with van der Waals surface area (Å²) < 4.78 is 7.53. The van der Waals surface area contributed by atoms with E-state index in [1.54, 1.807) is 36.3 Å². The molecule has 210 valence electrons. The molecule has 0 saturated carbocycles. The van der Waals surface area contributed by atoms with Crippen LogP contribution in [-0.4, -0.2) is 28.8 Å². The van der Waals surface area contributed by atoms with Gasteiger partial charge in [-0.25, -0.2) is 5.84 Å². The van der Waals surface area contributed by atoms with Crippen molar-refractivity contribution in [1.82, 2.24) is 15.1 Å². The van der Waals surface area contributed by atoms with Gasteiger partial charge in [0.05, 0.1) is 30.4 Å². The number of hydrogen-bond donors (Lipinski definition) is 4. The molecule has 1 amide bonds. The van der Waals surface area contributed by atoms with Crippen molar-refractivity contribution >= 4 is 23.0 Å². The Morgan fingerprint density at radius 1 is 1.21 bits per heavy atom. The number of methoxy groups -OCH3 is 1. The molecule has 9 nitrogen and oxygen atoms in total. The Bertz CT molecular complexity index is 1370. The predicted molar refractivity (Wildman–Crippen MR) is 160 cm³/mol. The van der Waals surface area contributed by atoms with Crippen molar-refractivity contribution in [3.63, 3.8) is 0 Å². The third kappa shape index (κ3) is 6.99. The lowest BCUT2D eigenvalue weighted by Crippen LogP contribution is -2.27. The van der Waals surface area contributed by atoms with Crippen LogP contribution in [0, 0.1) is 13.8 Å². The number of aromatic nitrogens is 2. The smallest absolute Gasteiger partial charge is 0.255 e. The summed E-state index contributed by atoms with van der Waals surface area (Å²) in [5.41, 5.74) is 13.1. The fraction of sp³-hybridized carbons (Fsp3) is 0.400. The Kier molecular flexibility index (Phi) is 9.09. The molecular weight excluding hydrogens is 490 g/mol. The maximum Gasteiger partial charge on any atom is 0.255 e. The number of nitrogens with one attached hydrogen (secondary N) is 2. The van der Waals surface area contributed by atoms with Gasteiger partial charge in [-0.3, -0.25) is 14.5 Å². The molecular formula is C30H43N7O2. The number of ether oxygens (including phenoxy) is 1. The fourth-order valence-corrected chi connectivity index (χ4v) is 4.20. The van der Waals surface area contributed by atoms with Gasteiger partial charge in [0, 0.05) is 48.2 Å². The monoisotopic (exact) mass is 533 g/mol. The Hall–Kier alpha value is -3.82. The third-order valence-corrected chi connectivity index (χ3v) is 6.76. The van der Waals surface area contributed by atoms with Crippen LogP contribution in [0.2, 0.25) is 0 Å². The second kappa shape index (κ2) is 11.9. The first-order valence-electron chi connectivity index (χ1n) is 13.1. The summed E-state index contributed by atoms with van der Waals surface area (Å²) >= 11 is 0. The second-order valence-electron chi connectivity index (χ2n) is 11.2. The van der Waals surface area contributed by atoms with Crippen LogP contribution in [0.3, 0.4) is 0 Å². The van der Waals surface area contributed by atoms with Crippen LogP contribution in [0.1, 0.15) is 72.9 Å². The summed E-state index contributed by atoms with van der Waals surface area (Å²) in [7, 11) is 3.48. The van der Waals surface area contributed by atoms with E-state index < -0.39 is 0 Å². The topological polar surface area (TPSA) is 123 Å². The average Bonchev–Trinajstić information content (AvgIpc) is 3.19. The van der Waals surface area contributed by atoms with Gasteiger partial charge < -0.3 is 21.1 Å². The maximum atomic E-state index is 13.5.